The molecule has 174 valence electrons. The van der Waals surface area contributed by atoms with Crippen molar-refractivity contribution in [2.24, 2.45) is 15.5 Å². The molecule has 0 aliphatic rings. The normalized spacial score (nSPS) is 12.6. The number of oxime groups is 3. The Bertz CT molecular complexity index is 411. The Morgan fingerprint density at radius 2 is 0.931 bits per heavy atom. The fourth-order valence-electron chi connectivity index (χ4n) is 2.57. The van der Waals surface area contributed by atoms with E-state index in [-0.39, 0.29) is 5.04 Å². The van der Waals surface area contributed by atoms with E-state index in [1.54, 1.807) is 0 Å². The quantitative estimate of drug-likeness (QED) is 0.144. The van der Waals surface area contributed by atoms with Gasteiger partial charge in [-0.15, -0.1) is 0 Å². The molecule has 0 aromatic carbocycles. The van der Waals surface area contributed by atoms with Crippen molar-refractivity contribution in [2.45, 2.75) is 124 Å². The fourth-order valence-corrected chi connectivity index (χ4v) is 2.92. The zero-order valence-electron chi connectivity index (χ0n) is 20.5. The molecule has 0 fully saturated rings. The first-order chi connectivity index (χ1) is 13.8. The number of hydrogen-bond donors (Lipinski definition) is 3. The van der Waals surface area contributed by atoms with Gasteiger partial charge in [0, 0.05) is 10.2 Å². The third-order valence-electron chi connectivity index (χ3n) is 4.71. The smallest absolute Gasteiger partial charge is 0.0592 e. The SMILES string of the molecule is CCCC(=NO)C(C)([SiH3])CC.CCCC(CCC)=NO.CCCC(CCC)=NO. The van der Waals surface area contributed by atoms with Gasteiger partial charge in [-0.1, -0.05) is 96.0 Å². The van der Waals surface area contributed by atoms with Crippen LogP contribution in [0.15, 0.2) is 15.5 Å². The standard InChI is InChI=1S/C8H19NOSi.2C7H15NO/c1-4-6-7(9-10)8(3,11)5-2;2*1-3-5-7(8-9)6-4-2/h10H,4-6H2,1-3,11H3;2*9H,3-6H2,1-2H3. The van der Waals surface area contributed by atoms with Gasteiger partial charge in [0.05, 0.1) is 17.1 Å². The summed E-state index contributed by atoms with van der Waals surface area (Å²) in [4.78, 5) is 0. The third kappa shape index (κ3) is 19.7. The van der Waals surface area contributed by atoms with Crippen molar-refractivity contribution >= 4 is 27.4 Å². The molecule has 0 heterocycles. The predicted octanol–water partition coefficient (Wildman–Crippen LogP) is 6.40. The average Bonchev–Trinajstić information content (AvgIpc) is 2.72. The van der Waals surface area contributed by atoms with Gasteiger partial charge in [-0.3, -0.25) is 0 Å². The second-order valence-corrected chi connectivity index (χ2v) is 10.1. The topological polar surface area (TPSA) is 97.8 Å². The van der Waals surface area contributed by atoms with E-state index in [4.69, 9.17) is 15.6 Å². The van der Waals surface area contributed by atoms with Gasteiger partial charge >= 0.3 is 0 Å². The third-order valence-corrected chi connectivity index (χ3v) is 5.99. The van der Waals surface area contributed by atoms with Crippen molar-refractivity contribution < 1.29 is 15.6 Å². The van der Waals surface area contributed by atoms with Crippen molar-refractivity contribution in [3.05, 3.63) is 0 Å². The predicted molar refractivity (Wildman–Crippen MR) is 131 cm³/mol. The van der Waals surface area contributed by atoms with Crippen LogP contribution in [0.25, 0.3) is 0 Å². The minimum Gasteiger partial charge on any atom is -0.411 e. The lowest BCUT2D eigenvalue weighted by atomic mass is 9.98. The average molecular weight is 432 g/mol. The van der Waals surface area contributed by atoms with E-state index in [1.807, 2.05) is 0 Å². The summed E-state index contributed by atoms with van der Waals surface area (Å²) in [5, 5.41) is 35.4. The van der Waals surface area contributed by atoms with Crippen LogP contribution in [-0.4, -0.2) is 43.0 Å². The summed E-state index contributed by atoms with van der Waals surface area (Å²) in [6, 6.07) is 0. The summed E-state index contributed by atoms with van der Waals surface area (Å²) in [5.74, 6) is 0. The van der Waals surface area contributed by atoms with Crippen molar-refractivity contribution in [1.82, 2.24) is 0 Å². The zero-order valence-corrected chi connectivity index (χ0v) is 22.5. The van der Waals surface area contributed by atoms with Gasteiger partial charge in [0.25, 0.3) is 0 Å². The first-order valence-electron chi connectivity index (χ1n) is 11.4. The molecule has 3 N–H and O–H groups in total. The molecular formula is C22H49N3O3Si. The minimum absolute atomic E-state index is 0.199. The molecule has 7 heteroatoms. The summed E-state index contributed by atoms with van der Waals surface area (Å²) in [5.41, 5.74) is 2.84. The molecule has 0 rings (SSSR count). The maximum Gasteiger partial charge on any atom is 0.0592 e. The Labute approximate surface area is 183 Å². The maximum atomic E-state index is 8.73. The van der Waals surface area contributed by atoms with E-state index in [0.717, 1.165) is 98.0 Å². The summed E-state index contributed by atoms with van der Waals surface area (Å²) in [6.45, 7) is 14.8. The van der Waals surface area contributed by atoms with Crippen molar-refractivity contribution in [3.63, 3.8) is 0 Å². The molecule has 0 saturated carbocycles. The van der Waals surface area contributed by atoms with E-state index in [2.05, 4.69) is 63.9 Å². The molecule has 0 amide bonds. The molecule has 0 aromatic heterocycles. The Kier molecular flexibility index (Phi) is 25.5. The van der Waals surface area contributed by atoms with Crippen molar-refractivity contribution in [3.8, 4) is 0 Å². The Morgan fingerprint density at radius 1 is 0.621 bits per heavy atom. The van der Waals surface area contributed by atoms with Gasteiger partial charge in [0.1, 0.15) is 0 Å². The molecule has 0 radical (unpaired) electrons. The van der Waals surface area contributed by atoms with E-state index in [9.17, 15) is 0 Å². The minimum atomic E-state index is 0.199. The highest BCUT2D eigenvalue weighted by Gasteiger charge is 2.22. The van der Waals surface area contributed by atoms with Gasteiger partial charge in [-0.2, -0.15) is 0 Å². The van der Waals surface area contributed by atoms with Gasteiger partial charge in [-0.25, -0.2) is 0 Å². The van der Waals surface area contributed by atoms with Gasteiger partial charge < -0.3 is 15.6 Å². The maximum absolute atomic E-state index is 8.73. The number of nitrogens with zero attached hydrogens (tertiary/aromatic N) is 3. The molecule has 0 saturated heterocycles. The molecule has 29 heavy (non-hydrogen) atoms. The molecular weight excluding hydrogens is 382 g/mol. The highest BCUT2D eigenvalue weighted by Crippen LogP contribution is 2.28. The van der Waals surface area contributed by atoms with Crippen molar-refractivity contribution in [2.75, 3.05) is 0 Å². The molecule has 0 aliphatic heterocycles. The zero-order chi connectivity index (χ0) is 23.1. The highest BCUT2D eigenvalue weighted by atomic mass is 28.1. The summed E-state index contributed by atoms with van der Waals surface area (Å²) in [7, 11) is 1.07. The number of rotatable bonds is 12. The fraction of sp³-hybridized carbons (Fsp3) is 0.864. The first-order valence-corrected chi connectivity index (χ1v) is 12.4. The summed E-state index contributed by atoms with van der Waals surface area (Å²) < 4.78 is 0. The van der Waals surface area contributed by atoms with E-state index < -0.39 is 0 Å². The second-order valence-electron chi connectivity index (χ2n) is 7.87. The van der Waals surface area contributed by atoms with Crippen LogP contribution in [0.1, 0.15) is 119 Å². The van der Waals surface area contributed by atoms with Crippen molar-refractivity contribution in [1.29, 1.82) is 0 Å². The second kappa shape index (κ2) is 22.9. The Balaban J connectivity index is -0.000000352. The molecule has 0 aromatic rings. The van der Waals surface area contributed by atoms with Gasteiger partial charge in [0.2, 0.25) is 0 Å². The van der Waals surface area contributed by atoms with E-state index in [1.165, 1.54) is 0 Å². The van der Waals surface area contributed by atoms with Crippen LogP contribution in [0.5, 0.6) is 0 Å². The molecule has 0 spiro atoms. The molecule has 1 atom stereocenters. The Hall–Kier alpha value is -1.37. The van der Waals surface area contributed by atoms with Crippen LogP contribution >= 0.6 is 0 Å². The van der Waals surface area contributed by atoms with Gasteiger partial charge in [-0.05, 0) is 43.6 Å². The van der Waals surface area contributed by atoms with Crippen LogP contribution in [0, 0.1) is 0 Å². The molecule has 6 nitrogen and oxygen atoms in total. The molecule has 0 aliphatic carbocycles. The van der Waals surface area contributed by atoms with Crippen LogP contribution in [0.3, 0.4) is 0 Å². The summed E-state index contributed by atoms with van der Waals surface area (Å²) >= 11 is 0. The lowest BCUT2D eigenvalue weighted by Gasteiger charge is -2.23. The van der Waals surface area contributed by atoms with Crippen LogP contribution in [0.4, 0.5) is 0 Å². The van der Waals surface area contributed by atoms with Crippen LogP contribution in [-0.2, 0) is 0 Å². The van der Waals surface area contributed by atoms with E-state index in [0.29, 0.717) is 0 Å². The monoisotopic (exact) mass is 431 g/mol. The van der Waals surface area contributed by atoms with Gasteiger partial charge in [0.15, 0.2) is 0 Å². The molecule has 1 unspecified atom stereocenters. The lowest BCUT2D eigenvalue weighted by Crippen LogP contribution is -2.19. The Morgan fingerprint density at radius 3 is 1.10 bits per heavy atom. The first kappa shape index (κ1) is 32.3. The van der Waals surface area contributed by atoms with E-state index >= 15 is 0 Å². The number of hydrogen-bond acceptors (Lipinski definition) is 6. The lowest BCUT2D eigenvalue weighted by molar-refractivity contribution is 0.313. The molecule has 0 bridgehead atoms. The largest absolute Gasteiger partial charge is 0.411 e. The highest BCUT2D eigenvalue weighted by molar-refractivity contribution is 6.29. The summed E-state index contributed by atoms with van der Waals surface area (Å²) in [6.07, 6.45) is 11.1. The van der Waals surface area contributed by atoms with Crippen LogP contribution < -0.4 is 0 Å². The van der Waals surface area contributed by atoms with Crippen LogP contribution in [0.2, 0.25) is 5.04 Å².